The lowest BCUT2D eigenvalue weighted by Crippen LogP contribution is -2.49. The minimum Gasteiger partial charge on any atom is -0.480 e. The molecule has 0 saturated heterocycles. The summed E-state index contributed by atoms with van der Waals surface area (Å²) in [6.07, 6.45) is 1.60. The summed E-state index contributed by atoms with van der Waals surface area (Å²) in [4.78, 5) is 17.4. The van der Waals surface area contributed by atoms with E-state index >= 15 is 0 Å². The summed E-state index contributed by atoms with van der Waals surface area (Å²) in [5.74, 6) is -0.921. The molecule has 1 rings (SSSR count). The molecule has 0 saturated carbocycles. The predicted molar refractivity (Wildman–Crippen MR) is 63.7 cm³/mol. The Balaban J connectivity index is 3.01. The summed E-state index contributed by atoms with van der Waals surface area (Å²) in [5, 5.41) is 9.43. The molecule has 0 aliphatic carbocycles. The van der Waals surface area contributed by atoms with Crippen LogP contribution in [-0.4, -0.2) is 48.3 Å². The number of methoxy groups -OCH3 is 1. The van der Waals surface area contributed by atoms with E-state index in [0.29, 0.717) is 18.8 Å². The number of aliphatic carboxylic acids is 1. The van der Waals surface area contributed by atoms with Crippen molar-refractivity contribution >= 4 is 5.97 Å². The van der Waals surface area contributed by atoms with Crippen molar-refractivity contribution < 1.29 is 14.6 Å². The van der Waals surface area contributed by atoms with E-state index in [2.05, 4.69) is 4.98 Å². The first kappa shape index (κ1) is 13.6. The summed E-state index contributed by atoms with van der Waals surface area (Å²) in [6.45, 7) is 2.65. The minimum absolute atomic E-state index is 0.478. The Morgan fingerprint density at radius 1 is 1.59 bits per heavy atom. The van der Waals surface area contributed by atoms with Crippen molar-refractivity contribution in [3.63, 3.8) is 0 Å². The second-order valence-corrected chi connectivity index (χ2v) is 4.01. The third-order valence-corrected chi connectivity index (χ3v) is 2.97. The average Bonchev–Trinajstić information content (AvgIpc) is 2.35. The van der Waals surface area contributed by atoms with Gasteiger partial charge in [-0.3, -0.25) is 9.88 Å². The van der Waals surface area contributed by atoms with Crippen LogP contribution in [0.1, 0.15) is 12.6 Å². The summed E-state index contributed by atoms with van der Waals surface area (Å²) in [5.41, 5.74) is -0.620. The first-order chi connectivity index (χ1) is 8.03. The average molecular weight is 238 g/mol. The number of rotatable bonds is 6. The van der Waals surface area contributed by atoms with Crippen LogP contribution in [0.2, 0.25) is 0 Å². The number of carboxylic acids is 1. The fraction of sp³-hybridized carbons (Fsp3) is 0.500. The smallest absolute Gasteiger partial charge is 0.330 e. The monoisotopic (exact) mass is 238 g/mol. The van der Waals surface area contributed by atoms with Crippen molar-refractivity contribution in [2.75, 3.05) is 27.3 Å². The van der Waals surface area contributed by atoms with Gasteiger partial charge in [-0.2, -0.15) is 0 Å². The molecule has 5 nitrogen and oxygen atoms in total. The van der Waals surface area contributed by atoms with Crippen LogP contribution in [0, 0.1) is 0 Å². The number of carbonyl (C=O) groups is 1. The van der Waals surface area contributed by atoms with E-state index in [9.17, 15) is 9.90 Å². The highest BCUT2D eigenvalue weighted by Crippen LogP contribution is 2.25. The minimum atomic E-state index is -1.14. The molecule has 0 aliphatic rings. The Bertz CT molecular complexity index is 369. The van der Waals surface area contributed by atoms with Gasteiger partial charge in [-0.25, -0.2) is 4.79 Å². The maximum absolute atomic E-state index is 11.5. The molecule has 1 heterocycles. The Kier molecular flexibility index (Phi) is 4.60. The van der Waals surface area contributed by atoms with E-state index in [0.717, 1.165) is 0 Å². The molecule has 5 heteroatoms. The zero-order chi connectivity index (χ0) is 12.9. The predicted octanol–water partition coefficient (Wildman–Crippen LogP) is 0.960. The SMILES string of the molecule is COCCN(C)C(C)(C(=O)O)c1ccccn1. The van der Waals surface area contributed by atoms with Crippen LogP contribution in [0.3, 0.4) is 0 Å². The van der Waals surface area contributed by atoms with Crippen molar-refractivity contribution in [2.24, 2.45) is 0 Å². The molecule has 94 valence electrons. The van der Waals surface area contributed by atoms with Crippen molar-refractivity contribution in [1.82, 2.24) is 9.88 Å². The van der Waals surface area contributed by atoms with Gasteiger partial charge in [0.25, 0.3) is 0 Å². The fourth-order valence-electron chi connectivity index (χ4n) is 1.57. The van der Waals surface area contributed by atoms with Gasteiger partial charge in [0.15, 0.2) is 5.54 Å². The number of pyridine rings is 1. The quantitative estimate of drug-likeness (QED) is 0.799. The molecule has 1 aromatic rings. The summed E-state index contributed by atoms with van der Waals surface area (Å²) in [7, 11) is 3.34. The lowest BCUT2D eigenvalue weighted by molar-refractivity contribution is -0.151. The van der Waals surface area contributed by atoms with Crippen LogP contribution < -0.4 is 0 Å². The number of hydrogen-bond donors (Lipinski definition) is 1. The van der Waals surface area contributed by atoms with E-state index in [1.54, 1.807) is 50.4 Å². The largest absolute Gasteiger partial charge is 0.480 e. The Hall–Kier alpha value is -1.46. The highest BCUT2D eigenvalue weighted by atomic mass is 16.5. The van der Waals surface area contributed by atoms with Gasteiger partial charge in [0.2, 0.25) is 0 Å². The van der Waals surface area contributed by atoms with Crippen molar-refractivity contribution in [3.8, 4) is 0 Å². The first-order valence-electron chi connectivity index (χ1n) is 5.38. The van der Waals surface area contributed by atoms with Crippen LogP contribution in [0.4, 0.5) is 0 Å². The second kappa shape index (κ2) is 5.75. The molecule has 0 radical (unpaired) electrons. The molecule has 1 atom stereocenters. The molecule has 0 spiro atoms. The van der Waals surface area contributed by atoms with Gasteiger partial charge in [0.1, 0.15) is 0 Å². The normalized spacial score (nSPS) is 14.6. The molecule has 0 amide bonds. The van der Waals surface area contributed by atoms with Gasteiger partial charge in [0.05, 0.1) is 12.3 Å². The molecule has 1 aromatic heterocycles. The number of ether oxygens (including phenoxy) is 1. The van der Waals surface area contributed by atoms with E-state index in [4.69, 9.17) is 4.74 Å². The highest BCUT2D eigenvalue weighted by molar-refractivity contribution is 5.79. The van der Waals surface area contributed by atoms with Crippen LogP contribution in [0.15, 0.2) is 24.4 Å². The number of nitrogens with zero attached hydrogens (tertiary/aromatic N) is 2. The molecular formula is C12H18N2O3. The topological polar surface area (TPSA) is 62.7 Å². The molecule has 0 bridgehead atoms. The molecule has 17 heavy (non-hydrogen) atoms. The van der Waals surface area contributed by atoms with E-state index < -0.39 is 11.5 Å². The van der Waals surface area contributed by atoms with Gasteiger partial charge >= 0.3 is 5.97 Å². The van der Waals surface area contributed by atoms with E-state index in [1.165, 1.54) is 0 Å². The van der Waals surface area contributed by atoms with Crippen LogP contribution in [0.25, 0.3) is 0 Å². The zero-order valence-corrected chi connectivity index (χ0v) is 10.4. The standard InChI is InChI=1S/C12H18N2O3/c1-12(11(15)16,14(2)8-9-17-3)10-6-4-5-7-13-10/h4-7H,8-9H2,1-3H3,(H,15,16). The van der Waals surface area contributed by atoms with Crippen molar-refractivity contribution in [3.05, 3.63) is 30.1 Å². The van der Waals surface area contributed by atoms with E-state index in [-0.39, 0.29) is 0 Å². The number of carboxylic acid groups (broad SMARTS) is 1. The third kappa shape index (κ3) is 2.81. The molecule has 0 aromatic carbocycles. The highest BCUT2D eigenvalue weighted by Gasteiger charge is 2.40. The summed E-state index contributed by atoms with van der Waals surface area (Å²) < 4.78 is 4.97. The summed E-state index contributed by atoms with van der Waals surface area (Å²) >= 11 is 0. The van der Waals surface area contributed by atoms with Crippen molar-refractivity contribution in [1.29, 1.82) is 0 Å². The number of hydrogen-bond acceptors (Lipinski definition) is 4. The van der Waals surface area contributed by atoms with Crippen molar-refractivity contribution in [2.45, 2.75) is 12.5 Å². The van der Waals surface area contributed by atoms with Gasteiger partial charge in [-0.1, -0.05) is 6.07 Å². The van der Waals surface area contributed by atoms with Crippen LogP contribution in [-0.2, 0) is 15.1 Å². The van der Waals surface area contributed by atoms with Crippen LogP contribution in [0.5, 0.6) is 0 Å². The maximum atomic E-state index is 11.5. The lowest BCUT2D eigenvalue weighted by Gasteiger charge is -2.34. The third-order valence-electron chi connectivity index (χ3n) is 2.97. The van der Waals surface area contributed by atoms with Gasteiger partial charge in [0, 0.05) is 19.9 Å². The van der Waals surface area contributed by atoms with Gasteiger partial charge in [-0.05, 0) is 26.1 Å². The Morgan fingerprint density at radius 3 is 2.76 bits per heavy atom. The van der Waals surface area contributed by atoms with Gasteiger partial charge < -0.3 is 9.84 Å². The first-order valence-corrected chi connectivity index (χ1v) is 5.38. The molecule has 0 fully saturated rings. The molecule has 1 unspecified atom stereocenters. The van der Waals surface area contributed by atoms with Crippen LogP contribution >= 0.6 is 0 Å². The second-order valence-electron chi connectivity index (χ2n) is 4.01. The molecule has 0 aliphatic heterocycles. The maximum Gasteiger partial charge on any atom is 0.330 e. The van der Waals surface area contributed by atoms with E-state index in [1.807, 2.05) is 0 Å². The Morgan fingerprint density at radius 2 is 2.29 bits per heavy atom. The molecule has 1 N–H and O–H groups in total. The lowest BCUT2D eigenvalue weighted by atomic mass is 9.95. The number of likely N-dealkylation sites (N-methyl/N-ethyl adjacent to an activating group) is 1. The van der Waals surface area contributed by atoms with Gasteiger partial charge in [-0.15, -0.1) is 0 Å². The fourth-order valence-corrected chi connectivity index (χ4v) is 1.57. The zero-order valence-electron chi connectivity index (χ0n) is 10.4. The Labute approximate surface area is 101 Å². The molecular weight excluding hydrogens is 220 g/mol. The summed E-state index contributed by atoms with van der Waals surface area (Å²) in [6, 6.07) is 5.27. The number of aromatic nitrogens is 1.